The predicted molar refractivity (Wildman–Crippen MR) is 79.0 cm³/mol. The second-order valence-electron chi connectivity index (χ2n) is 5.53. The molecule has 0 spiro atoms. The molecule has 1 rings (SSSR count). The van der Waals surface area contributed by atoms with E-state index in [1.807, 2.05) is 0 Å². The van der Waals surface area contributed by atoms with Crippen LogP contribution >= 0.6 is 0 Å². The first kappa shape index (κ1) is 17.9. The first-order valence-corrected chi connectivity index (χ1v) is 7.79. The van der Waals surface area contributed by atoms with Gasteiger partial charge in [-0.2, -0.15) is 0 Å². The first-order chi connectivity index (χ1) is 9.79. The van der Waals surface area contributed by atoms with Crippen molar-refractivity contribution in [3.63, 3.8) is 0 Å². The number of hydrogen-bond donors (Lipinski definition) is 2. The summed E-state index contributed by atoms with van der Waals surface area (Å²) in [4.78, 5) is 0. The first-order valence-electron chi connectivity index (χ1n) is 7.79. The van der Waals surface area contributed by atoms with Crippen molar-refractivity contribution in [2.24, 2.45) is 5.92 Å². The molecule has 0 aromatic carbocycles. The summed E-state index contributed by atoms with van der Waals surface area (Å²) in [5.74, 6) is 0.557. The van der Waals surface area contributed by atoms with Gasteiger partial charge in [-0.25, -0.2) is 0 Å². The van der Waals surface area contributed by atoms with Crippen molar-refractivity contribution >= 4 is 0 Å². The maximum absolute atomic E-state index is 9.73. The number of methoxy groups -OCH3 is 1. The van der Waals surface area contributed by atoms with Crippen LogP contribution in [-0.2, 0) is 14.2 Å². The third-order valence-corrected chi connectivity index (χ3v) is 3.74. The minimum absolute atomic E-state index is 0.145. The van der Waals surface area contributed by atoms with E-state index in [0.717, 1.165) is 26.0 Å². The third-order valence-electron chi connectivity index (χ3n) is 3.74. The smallest absolute Gasteiger partial charge is 0.0701 e. The largest absolute Gasteiger partial charge is 0.394 e. The van der Waals surface area contributed by atoms with Crippen molar-refractivity contribution in [3.05, 3.63) is 0 Å². The fourth-order valence-electron chi connectivity index (χ4n) is 2.33. The van der Waals surface area contributed by atoms with Crippen LogP contribution in [0.15, 0.2) is 0 Å². The van der Waals surface area contributed by atoms with Gasteiger partial charge >= 0.3 is 0 Å². The number of aliphatic hydroxyl groups is 1. The van der Waals surface area contributed by atoms with Crippen LogP contribution < -0.4 is 5.32 Å². The summed E-state index contributed by atoms with van der Waals surface area (Å²) >= 11 is 0. The highest BCUT2D eigenvalue weighted by atomic mass is 16.5. The highest BCUT2D eigenvalue weighted by Gasteiger charge is 2.44. The van der Waals surface area contributed by atoms with Gasteiger partial charge in [0.05, 0.1) is 32.0 Å². The van der Waals surface area contributed by atoms with E-state index >= 15 is 0 Å². The summed E-state index contributed by atoms with van der Waals surface area (Å²) in [6, 6.07) is 0. The zero-order chi connectivity index (χ0) is 14.7. The summed E-state index contributed by atoms with van der Waals surface area (Å²) < 4.78 is 16.1. The van der Waals surface area contributed by atoms with Crippen molar-refractivity contribution in [3.8, 4) is 0 Å². The summed E-state index contributed by atoms with van der Waals surface area (Å²) in [6.45, 7) is 6.39. The van der Waals surface area contributed by atoms with Crippen LogP contribution in [0.25, 0.3) is 0 Å². The molecular weight excluding hydrogens is 258 g/mol. The Labute approximate surface area is 123 Å². The van der Waals surface area contributed by atoms with E-state index in [-0.39, 0.29) is 12.1 Å². The fourth-order valence-corrected chi connectivity index (χ4v) is 2.33. The minimum Gasteiger partial charge on any atom is -0.394 e. The highest BCUT2D eigenvalue weighted by molar-refractivity contribution is 5.00. The molecule has 1 unspecified atom stereocenters. The molecule has 0 heterocycles. The van der Waals surface area contributed by atoms with Gasteiger partial charge in [0.2, 0.25) is 0 Å². The molecule has 1 aliphatic carbocycles. The zero-order valence-electron chi connectivity index (χ0n) is 13.0. The van der Waals surface area contributed by atoms with Crippen LogP contribution in [0.1, 0.15) is 32.6 Å². The molecule has 1 fully saturated rings. The molecule has 1 saturated carbocycles. The molecule has 0 aromatic heterocycles. The van der Waals surface area contributed by atoms with Crippen molar-refractivity contribution < 1.29 is 19.3 Å². The maximum Gasteiger partial charge on any atom is 0.0701 e. The van der Waals surface area contributed by atoms with Crippen LogP contribution in [0.5, 0.6) is 0 Å². The number of aliphatic hydroxyl groups excluding tert-OH is 1. The van der Waals surface area contributed by atoms with Gasteiger partial charge in [-0.15, -0.1) is 0 Å². The Morgan fingerprint density at radius 1 is 1.15 bits per heavy atom. The predicted octanol–water partition coefficient (Wildman–Crippen LogP) is 1.20. The Morgan fingerprint density at radius 3 is 2.50 bits per heavy atom. The van der Waals surface area contributed by atoms with Crippen LogP contribution in [0.4, 0.5) is 0 Å². The van der Waals surface area contributed by atoms with Gasteiger partial charge in [0, 0.05) is 20.3 Å². The average molecular weight is 289 g/mol. The van der Waals surface area contributed by atoms with E-state index < -0.39 is 0 Å². The number of nitrogens with one attached hydrogen (secondary N) is 1. The molecule has 5 nitrogen and oxygen atoms in total. The van der Waals surface area contributed by atoms with Crippen molar-refractivity contribution in [1.82, 2.24) is 5.32 Å². The molecule has 0 radical (unpaired) electrons. The lowest BCUT2D eigenvalue weighted by molar-refractivity contribution is -0.00644. The van der Waals surface area contributed by atoms with E-state index in [9.17, 15) is 5.11 Å². The Balaban J connectivity index is 2.12. The lowest BCUT2D eigenvalue weighted by Crippen LogP contribution is -2.54. The summed E-state index contributed by atoms with van der Waals surface area (Å²) in [5, 5.41) is 13.2. The van der Waals surface area contributed by atoms with Gasteiger partial charge in [0.1, 0.15) is 0 Å². The van der Waals surface area contributed by atoms with E-state index in [1.54, 1.807) is 7.11 Å². The molecule has 2 N–H and O–H groups in total. The molecule has 120 valence electrons. The van der Waals surface area contributed by atoms with E-state index in [4.69, 9.17) is 14.2 Å². The van der Waals surface area contributed by atoms with E-state index in [1.165, 1.54) is 12.8 Å². The monoisotopic (exact) mass is 289 g/mol. The standard InChI is InChI=1S/C15H31NO4/c1-3-7-16-15(12-17,14-5-6-14)13-20-11-10-19-9-4-8-18-2/h14,16-17H,3-13H2,1-2H3. The lowest BCUT2D eigenvalue weighted by atomic mass is 9.95. The summed E-state index contributed by atoms with van der Waals surface area (Å²) in [5.41, 5.74) is -0.244. The van der Waals surface area contributed by atoms with Crippen LogP contribution in [0.2, 0.25) is 0 Å². The molecule has 5 heteroatoms. The molecule has 0 aromatic rings. The Hall–Kier alpha value is -0.200. The average Bonchev–Trinajstić information content (AvgIpc) is 3.30. The summed E-state index contributed by atoms with van der Waals surface area (Å²) in [6.07, 6.45) is 4.36. The Kier molecular flexibility index (Phi) is 9.39. The van der Waals surface area contributed by atoms with Gasteiger partial charge in [0.15, 0.2) is 0 Å². The van der Waals surface area contributed by atoms with Crippen molar-refractivity contribution in [2.45, 2.75) is 38.1 Å². The fraction of sp³-hybridized carbons (Fsp3) is 1.00. The van der Waals surface area contributed by atoms with Gasteiger partial charge in [-0.1, -0.05) is 6.92 Å². The Bertz CT molecular complexity index is 236. The highest BCUT2D eigenvalue weighted by Crippen LogP contribution is 2.39. The molecule has 20 heavy (non-hydrogen) atoms. The SMILES string of the molecule is CCCNC(CO)(COCCOCCCOC)C1CC1. The Morgan fingerprint density at radius 2 is 1.90 bits per heavy atom. The minimum atomic E-state index is -0.244. The summed E-state index contributed by atoms with van der Waals surface area (Å²) in [7, 11) is 1.69. The molecular formula is C15H31NO4. The van der Waals surface area contributed by atoms with Crippen LogP contribution in [0.3, 0.4) is 0 Å². The molecule has 1 aliphatic rings. The quantitative estimate of drug-likeness (QED) is 0.471. The molecule has 0 aliphatic heterocycles. The van der Waals surface area contributed by atoms with Gasteiger partial charge in [-0.05, 0) is 38.1 Å². The van der Waals surface area contributed by atoms with Gasteiger partial charge in [-0.3, -0.25) is 0 Å². The van der Waals surface area contributed by atoms with Crippen LogP contribution in [0, 0.1) is 5.92 Å². The van der Waals surface area contributed by atoms with Gasteiger partial charge < -0.3 is 24.6 Å². The molecule has 0 saturated heterocycles. The molecule has 0 amide bonds. The van der Waals surface area contributed by atoms with E-state index in [2.05, 4.69) is 12.2 Å². The zero-order valence-corrected chi connectivity index (χ0v) is 13.0. The van der Waals surface area contributed by atoms with E-state index in [0.29, 0.717) is 32.3 Å². The second kappa shape index (κ2) is 10.5. The topological polar surface area (TPSA) is 60.0 Å². The maximum atomic E-state index is 9.73. The molecule has 0 bridgehead atoms. The third kappa shape index (κ3) is 6.50. The number of hydrogen-bond acceptors (Lipinski definition) is 5. The van der Waals surface area contributed by atoms with Crippen molar-refractivity contribution in [2.75, 3.05) is 53.3 Å². The van der Waals surface area contributed by atoms with Crippen LogP contribution in [-0.4, -0.2) is 63.9 Å². The second-order valence-corrected chi connectivity index (χ2v) is 5.53. The number of rotatable bonds is 14. The number of ether oxygens (including phenoxy) is 3. The van der Waals surface area contributed by atoms with Gasteiger partial charge in [0.25, 0.3) is 0 Å². The normalized spacial score (nSPS) is 18.1. The molecule has 1 atom stereocenters. The lowest BCUT2D eigenvalue weighted by Gasteiger charge is -2.33. The van der Waals surface area contributed by atoms with Crippen molar-refractivity contribution in [1.29, 1.82) is 0 Å².